The van der Waals surface area contributed by atoms with Crippen molar-refractivity contribution in [2.75, 3.05) is 0 Å². The van der Waals surface area contributed by atoms with Gasteiger partial charge >= 0.3 is 0 Å². The van der Waals surface area contributed by atoms with Crippen LogP contribution < -0.4 is 0 Å². The Balaban J connectivity index is 1.11. The lowest BCUT2D eigenvalue weighted by atomic mass is 9.82. The Hall–Kier alpha value is -5.66. The molecule has 0 N–H and O–H groups in total. The number of hydrogen-bond donors (Lipinski definition) is 0. The number of para-hydroxylation sites is 1. The van der Waals surface area contributed by atoms with Crippen molar-refractivity contribution in [3.05, 3.63) is 186 Å². The van der Waals surface area contributed by atoms with Crippen LogP contribution in [0.15, 0.2) is 164 Å². The lowest BCUT2D eigenvalue weighted by molar-refractivity contribution is 0.661. The molecule has 0 atom stereocenters. The van der Waals surface area contributed by atoms with Gasteiger partial charge < -0.3 is 4.57 Å². The van der Waals surface area contributed by atoms with Crippen molar-refractivity contribution in [2.24, 2.45) is 0 Å². The Morgan fingerprint density at radius 1 is 0.426 bits per heavy atom. The van der Waals surface area contributed by atoms with E-state index in [0.29, 0.717) is 0 Å². The average molecular weight is 602 g/mol. The maximum Gasteiger partial charge on any atom is 0.0544 e. The van der Waals surface area contributed by atoms with Crippen molar-refractivity contribution in [3.8, 4) is 39.1 Å². The van der Waals surface area contributed by atoms with E-state index in [-0.39, 0.29) is 5.41 Å². The lowest BCUT2D eigenvalue weighted by Crippen LogP contribution is -2.14. The van der Waals surface area contributed by atoms with Gasteiger partial charge in [0, 0.05) is 21.9 Å². The number of hydrogen-bond acceptors (Lipinski definition) is 0. The summed E-state index contributed by atoms with van der Waals surface area (Å²) < 4.78 is 2.44. The predicted octanol–water partition coefficient (Wildman–Crippen LogP) is 12.0. The highest BCUT2D eigenvalue weighted by molar-refractivity contribution is 6.12. The van der Waals surface area contributed by atoms with Crippen LogP contribution in [0.4, 0.5) is 0 Å². The Kier molecular flexibility index (Phi) is 6.30. The molecule has 1 nitrogen and oxygen atoms in total. The molecule has 224 valence electrons. The molecule has 0 saturated heterocycles. The second-order valence-electron chi connectivity index (χ2n) is 13.4. The van der Waals surface area contributed by atoms with Gasteiger partial charge in [-0.05, 0) is 98.5 Å². The topological polar surface area (TPSA) is 4.93 Å². The van der Waals surface area contributed by atoms with Gasteiger partial charge in [-0.2, -0.15) is 0 Å². The van der Waals surface area contributed by atoms with E-state index >= 15 is 0 Å². The summed E-state index contributed by atoms with van der Waals surface area (Å²) in [6.45, 7) is 4.72. The van der Waals surface area contributed by atoms with Crippen molar-refractivity contribution in [1.82, 2.24) is 4.57 Å². The average Bonchev–Trinajstić information content (AvgIpc) is 3.56. The third kappa shape index (κ3) is 4.54. The first-order valence-corrected chi connectivity index (χ1v) is 16.6. The minimum Gasteiger partial charge on any atom is -0.309 e. The lowest BCUT2D eigenvalue weighted by Gasteiger charge is -2.21. The fraction of sp³-hybridized carbons (Fsp3) is 0.0870. The number of benzene rings is 7. The maximum atomic E-state index is 2.46. The molecule has 8 aromatic rings. The van der Waals surface area contributed by atoms with Crippen LogP contribution in [-0.2, 0) is 11.8 Å². The molecule has 0 aliphatic heterocycles. The van der Waals surface area contributed by atoms with Gasteiger partial charge in [0.25, 0.3) is 0 Å². The van der Waals surface area contributed by atoms with E-state index in [1.165, 1.54) is 83.1 Å². The van der Waals surface area contributed by atoms with E-state index in [1.807, 2.05) is 0 Å². The van der Waals surface area contributed by atoms with E-state index < -0.39 is 0 Å². The van der Waals surface area contributed by atoms with Crippen molar-refractivity contribution < 1.29 is 0 Å². The molecule has 1 aliphatic rings. The zero-order valence-corrected chi connectivity index (χ0v) is 26.7. The molecule has 0 amide bonds. The summed E-state index contributed by atoms with van der Waals surface area (Å²) in [4.78, 5) is 0. The summed E-state index contributed by atoms with van der Waals surface area (Å²) in [5, 5.41) is 2.58. The second-order valence-corrected chi connectivity index (χ2v) is 13.4. The molecule has 1 aromatic heterocycles. The Bertz CT molecular complexity index is 2410. The number of rotatable bonds is 5. The summed E-state index contributed by atoms with van der Waals surface area (Å²) in [7, 11) is 0. The van der Waals surface area contributed by atoms with Crippen molar-refractivity contribution in [3.63, 3.8) is 0 Å². The smallest absolute Gasteiger partial charge is 0.0544 e. The normalized spacial score (nSPS) is 13.1. The predicted molar refractivity (Wildman–Crippen MR) is 198 cm³/mol. The minimum atomic E-state index is -0.0467. The van der Waals surface area contributed by atoms with Crippen molar-refractivity contribution in [1.29, 1.82) is 0 Å². The van der Waals surface area contributed by atoms with E-state index in [1.54, 1.807) is 0 Å². The fourth-order valence-electron chi connectivity index (χ4n) is 7.74. The molecule has 9 rings (SSSR count). The number of fused-ring (bicyclic) bond motifs is 6. The van der Waals surface area contributed by atoms with Crippen molar-refractivity contribution in [2.45, 2.75) is 25.7 Å². The van der Waals surface area contributed by atoms with E-state index in [0.717, 1.165) is 6.42 Å². The first kappa shape index (κ1) is 27.6. The molecule has 0 unspecified atom stereocenters. The highest BCUT2D eigenvalue weighted by Crippen LogP contribution is 2.51. The van der Waals surface area contributed by atoms with Crippen molar-refractivity contribution >= 4 is 21.8 Å². The molecule has 0 bridgehead atoms. The highest BCUT2D eigenvalue weighted by Gasteiger charge is 2.36. The summed E-state index contributed by atoms with van der Waals surface area (Å²) in [5.74, 6) is 0. The van der Waals surface area contributed by atoms with E-state index in [9.17, 15) is 0 Å². The zero-order valence-electron chi connectivity index (χ0n) is 26.7. The van der Waals surface area contributed by atoms with E-state index in [2.05, 4.69) is 182 Å². The van der Waals surface area contributed by atoms with Crippen LogP contribution in [0.5, 0.6) is 0 Å². The molecule has 0 saturated carbocycles. The van der Waals surface area contributed by atoms with Crippen LogP contribution in [0, 0.1) is 0 Å². The highest BCUT2D eigenvalue weighted by atomic mass is 15.0. The number of nitrogens with zero attached hydrogens (tertiary/aromatic N) is 1. The van der Waals surface area contributed by atoms with Crippen LogP contribution in [-0.4, -0.2) is 4.57 Å². The van der Waals surface area contributed by atoms with Gasteiger partial charge in [-0.3, -0.25) is 0 Å². The Morgan fingerprint density at radius 3 is 1.68 bits per heavy atom. The Morgan fingerprint density at radius 2 is 0.979 bits per heavy atom. The largest absolute Gasteiger partial charge is 0.309 e. The Labute approximate surface area is 276 Å². The van der Waals surface area contributed by atoms with Gasteiger partial charge in [0.05, 0.1) is 11.0 Å². The van der Waals surface area contributed by atoms with Gasteiger partial charge in [0.2, 0.25) is 0 Å². The van der Waals surface area contributed by atoms with Crippen LogP contribution in [0.1, 0.15) is 36.1 Å². The molecule has 47 heavy (non-hydrogen) atoms. The maximum absolute atomic E-state index is 2.46. The molecule has 0 fully saturated rings. The van der Waals surface area contributed by atoms with Gasteiger partial charge in [-0.1, -0.05) is 141 Å². The standard InChI is InChI=1S/C46H35N/c1-46(2)42-16-10-9-15-38(42)39-29-41-40-28-36(25-26-44(40)47(45(41)30-43(39)46)37-13-7-4-8-14-37)35-23-19-32(20-24-35)27-31-17-21-34(22-18-31)33-11-5-3-6-12-33/h3-26,28-30H,27H2,1-2H3. The van der Waals surface area contributed by atoms with Crippen LogP contribution >= 0.6 is 0 Å². The third-order valence-corrected chi connectivity index (χ3v) is 10.2. The van der Waals surface area contributed by atoms with Gasteiger partial charge in [0.15, 0.2) is 0 Å². The quantitative estimate of drug-likeness (QED) is 0.185. The number of aromatic nitrogens is 1. The minimum absolute atomic E-state index is 0.0467. The molecule has 1 aliphatic carbocycles. The molecular weight excluding hydrogens is 567 g/mol. The van der Waals surface area contributed by atoms with Crippen LogP contribution in [0.3, 0.4) is 0 Å². The third-order valence-electron chi connectivity index (χ3n) is 10.2. The first-order chi connectivity index (χ1) is 23.0. The molecule has 0 radical (unpaired) electrons. The van der Waals surface area contributed by atoms with E-state index in [4.69, 9.17) is 0 Å². The SMILES string of the molecule is CC1(C)c2ccccc2-c2cc3c4cc(-c5ccc(Cc6ccc(-c7ccccc7)cc6)cc5)ccc4n(-c4ccccc4)c3cc21. The van der Waals surface area contributed by atoms with Crippen LogP contribution in [0.25, 0.3) is 60.9 Å². The fourth-order valence-corrected chi connectivity index (χ4v) is 7.74. The van der Waals surface area contributed by atoms with Gasteiger partial charge in [-0.15, -0.1) is 0 Å². The monoisotopic (exact) mass is 601 g/mol. The van der Waals surface area contributed by atoms with Gasteiger partial charge in [0.1, 0.15) is 0 Å². The second kappa shape index (κ2) is 10.7. The first-order valence-electron chi connectivity index (χ1n) is 16.6. The zero-order chi connectivity index (χ0) is 31.5. The summed E-state index contributed by atoms with van der Waals surface area (Å²) in [5.41, 5.74) is 16.8. The van der Waals surface area contributed by atoms with Gasteiger partial charge in [-0.25, -0.2) is 0 Å². The molecule has 7 aromatic carbocycles. The molecule has 1 heterocycles. The molecule has 1 heteroatoms. The van der Waals surface area contributed by atoms with Crippen LogP contribution in [0.2, 0.25) is 0 Å². The molecular formula is C46H35N. The summed E-state index contributed by atoms with van der Waals surface area (Å²) in [6, 6.07) is 60.3. The summed E-state index contributed by atoms with van der Waals surface area (Å²) in [6.07, 6.45) is 0.919. The summed E-state index contributed by atoms with van der Waals surface area (Å²) >= 11 is 0. The molecule has 0 spiro atoms.